The van der Waals surface area contributed by atoms with Crippen LogP contribution in [0.1, 0.15) is 48.3 Å². The SMILES string of the molecule is CCCn1ncc(Cl)c1C(=O)CCC(N)c1ccccc1. The fourth-order valence-corrected chi connectivity index (χ4v) is 2.54. The molecular formula is C16H20ClN3O. The second-order valence-corrected chi connectivity index (χ2v) is 5.45. The zero-order valence-corrected chi connectivity index (χ0v) is 12.9. The average molecular weight is 306 g/mol. The molecule has 0 saturated heterocycles. The number of Topliss-reactive ketones (excluding diaryl/α,β-unsaturated/α-hetero) is 1. The van der Waals surface area contributed by atoms with Crippen LogP contribution >= 0.6 is 11.6 Å². The van der Waals surface area contributed by atoms with E-state index in [1.165, 1.54) is 6.20 Å². The molecule has 5 heteroatoms. The predicted octanol–water partition coefficient (Wildman–Crippen LogP) is 3.61. The van der Waals surface area contributed by atoms with Crippen molar-refractivity contribution in [1.29, 1.82) is 0 Å². The molecule has 2 rings (SSSR count). The molecule has 21 heavy (non-hydrogen) atoms. The third-order valence-electron chi connectivity index (χ3n) is 3.40. The van der Waals surface area contributed by atoms with Crippen LogP contribution in [0, 0.1) is 0 Å². The molecule has 2 N–H and O–H groups in total. The first kappa shape index (κ1) is 15.7. The van der Waals surface area contributed by atoms with E-state index in [9.17, 15) is 4.79 Å². The van der Waals surface area contributed by atoms with Crippen molar-refractivity contribution in [2.45, 2.75) is 38.8 Å². The fraction of sp³-hybridized carbons (Fsp3) is 0.375. The monoisotopic (exact) mass is 305 g/mol. The number of hydrogen-bond donors (Lipinski definition) is 1. The molecule has 0 radical (unpaired) electrons. The van der Waals surface area contributed by atoms with Gasteiger partial charge in [-0.1, -0.05) is 48.9 Å². The van der Waals surface area contributed by atoms with Crippen molar-refractivity contribution in [2.75, 3.05) is 0 Å². The maximum atomic E-state index is 12.4. The quantitative estimate of drug-likeness (QED) is 0.795. The average Bonchev–Trinajstić information content (AvgIpc) is 2.86. The highest BCUT2D eigenvalue weighted by atomic mass is 35.5. The molecule has 2 aromatic rings. The number of benzene rings is 1. The highest BCUT2D eigenvalue weighted by Crippen LogP contribution is 2.21. The van der Waals surface area contributed by atoms with Crippen LogP contribution in [-0.4, -0.2) is 15.6 Å². The molecule has 112 valence electrons. The summed E-state index contributed by atoms with van der Waals surface area (Å²) in [5.74, 6) is -0.00247. The van der Waals surface area contributed by atoms with E-state index < -0.39 is 0 Å². The van der Waals surface area contributed by atoms with Crippen LogP contribution in [0.2, 0.25) is 5.02 Å². The Bertz CT molecular complexity index is 595. The van der Waals surface area contributed by atoms with E-state index in [-0.39, 0.29) is 11.8 Å². The van der Waals surface area contributed by atoms with Crippen LogP contribution in [0.3, 0.4) is 0 Å². The first-order valence-corrected chi connectivity index (χ1v) is 7.56. The summed E-state index contributed by atoms with van der Waals surface area (Å²) in [5, 5.41) is 4.56. The summed E-state index contributed by atoms with van der Waals surface area (Å²) in [5.41, 5.74) is 7.66. The number of ketones is 1. The van der Waals surface area contributed by atoms with Crippen LogP contribution in [0.4, 0.5) is 0 Å². The summed E-state index contributed by atoms with van der Waals surface area (Å²) in [4.78, 5) is 12.4. The van der Waals surface area contributed by atoms with Gasteiger partial charge in [-0.2, -0.15) is 5.10 Å². The van der Waals surface area contributed by atoms with Crippen molar-refractivity contribution < 1.29 is 4.79 Å². The maximum absolute atomic E-state index is 12.4. The molecule has 1 aromatic carbocycles. The van der Waals surface area contributed by atoms with Crippen molar-refractivity contribution in [3.05, 3.63) is 52.8 Å². The Morgan fingerprint density at radius 1 is 1.38 bits per heavy atom. The van der Waals surface area contributed by atoms with E-state index in [0.29, 0.717) is 30.1 Å². The van der Waals surface area contributed by atoms with Crippen molar-refractivity contribution in [1.82, 2.24) is 9.78 Å². The molecule has 0 bridgehead atoms. The summed E-state index contributed by atoms with van der Waals surface area (Å²) >= 11 is 6.07. The number of hydrogen-bond acceptors (Lipinski definition) is 3. The van der Waals surface area contributed by atoms with E-state index >= 15 is 0 Å². The zero-order valence-electron chi connectivity index (χ0n) is 12.1. The molecule has 1 aromatic heterocycles. The van der Waals surface area contributed by atoms with Crippen LogP contribution < -0.4 is 5.73 Å². The highest BCUT2D eigenvalue weighted by Gasteiger charge is 2.18. The second kappa shape index (κ2) is 7.38. The van der Waals surface area contributed by atoms with Gasteiger partial charge >= 0.3 is 0 Å². The van der Waals surface area contributed by atoms with Gasteiger partial charge < -0.3 is 5.73 Å². The predicted molar refractivity (Wildman–Crippen MR) is 84.5 cm³/mol. The molecule has 0 aliphatic rings. The van der Waals surface area contributed by atoms with Crippen molar-refractivity contribution in [3.63, 3.8) is 0 Å². The Hall–Kier alpha value is -1.65. The molecule has 0 saturated carbocycles. The number of aryl methyl sites for hydroxylation is 1. The van der Waals surface area contributed by atoms with Gasteiger partial charge in [0.15, 0.2) is 5.78 Å². The van der Waals surface area contributed by atoms with E-state index in [2.05, 4.69) is 5.10 Å². The topological polar surface area (TPSA) is 60.9 Å². The molecule has 1 unspecified atom stereocenters. The van der Waals surface area contributed by atoms with Crippen molar-refractivity contribution in [2.24, 2.45) is 5.73 Å². The lowest BCUT2D eigenvalue weighted by molar-refractivity contribution is 0.0967. The highest BCUT2D eigenvalue weighted by molar-refractivity contribution is 6.33. The fourth-order valence-electron chi connectivity index (χ4n) is 2.29. The van der Waals surface area contributed by atoms with Gasteiger partial charge in [-0.25, -0.2) is 0 Å². The largest absolute Gasteiger partial charge is 0.324 e. The van der Waals surface area contributed by atoms with Gasteiger partial charge in [0.2, 0.25) is 0 Å². The lowest BCUT2D eigenvalue weighted by Crippen LogP contribution is -2.15. The molecule has 0 aliphatic carbocycles. The molecule has 0 aliphatic heterocycles. The lowest BCUT2D eigenvalue weighted by atomic mass is 10.0. The third kappa shape index (κ3) is 3.93. The van der Waals surface area contributed by atoms with Gasteiger partial charge in [-0.3, -0.25) is 9.48 Å². The van der Waals surface area contributed by atoms with Crippen LogP contribution in [0.5, 0.6) is 0 Å². The molecule has 0 amide bonds. The zero-order chi connectivity index (χ0) is 15.2. The minimum absolute atomic E-state index is 0.00247. The van der Waals surface area contributed by atoms with Crippen LogP contribution in [0.25, 0.3) is 0 Å². The third-order valence-corrected chi connectivity index (χ3v) is 3.68. The number of nitrogens with two attached hydrogens (primary N) is 1. The molecule has 0 fully saturated rings. The van der Waals surface area contributed by atoms with Gasteiger partial charge in [-0.15, -0.1) is 0 Å². The van der Waals surface area contributed by atoms with Gasteiger partial charge in [0, 0.05) is 19.0 Å². The Kier molecular flexibility index (Phi) is 5.53. The smallest absolute Gasteiger partial charge is 0.182 e. The Balaban J connectivity index is 2.00. The van der Waals surface area contributed by atoms with Gasteiger partial charge in [-0.05, 0) is 18.4 Å². The summed E-state index contributed by atoms with van der Waals surface area (Å²) in [6, 6.07) is 9.66. The van der Waals surface area contributed by atoms with E-state index in [4.69, 9.17) is 17.3 Å². The second-order valence-electron chi connectivity index (χ2n) is 5.04. The summed E-state index contributed by atoms with van der Waals surface area (Å²) in [7, 11) is 0. The lowest BCUT2D eigenvalue weighted by Gasteiger charge is -2.12. The van der Waals surface area contributed by atoms with Crippen molar-refractivity contribution >= 4 is 17.4 Å². The van der Waals surface area contributed by atoms with E-state index in [0.717, 1.165) is 12.0 Å². The molecular weight excluding hydrogens is 286 g/mol. The Labute approximate surface area is 129 Å². The summed E-state index contributed by atoms with van der Waals surface area (Å²) in [6.45, 7) is 2.73. The molecule has 1 atom stereocenters. The molecule has 1 heterocycles. The van der Waals surface area contributed by atoms with E-state index in [1.807, 2.05) is 37.3 Å². The number of carbonyl (C=O) groups excluding carboxylic acids is 1. The van der Waals surface area contributed by atoms with Gasteiger partial charge in [0.25, 0.3) is 0 Å². The minimum atomic E-state index is -0.142. The van der Waals surface area contributed by atoms with E-state index in [1.54, 1.807) is 4.68 Å². The van der Waals surface area contributed by atoms with Crippen molar-refractivity contribution in [3.8, 4) is 0 Å². The first-order valence-electron chi connectivity index (χ1n) is 7.18. The number of halogens is 1. The van der Waals surface area contributed by atoms with Gasteiger partial charge in [0.05, 0.1) is 11.2 Å². The molecule has 0 spiro atoms. The normalized spacial score (nSPS) is 12.3. The minimum Gasteiger partial charge on any atom is -0.324 e. The number of aromatic nitrogens is 2. The van der Waals surface area contributed by atoms with Crippen LogP contribution in [-0.2, 0) is 6.54 Å². The maximum Gasteiger partial charge on any atom is 0.182 e. The summed E-state index contributed by atoms with van der Waals surface area (Å²) < 4.78 is 1.68. The molecule has 4 nitrogen and oxygen atoms in total. The Morgan fingerprint density at radius 2 is 2.10 bits per heavy atom. The summed E-state index contributed by atoms with van der Waals surface area (Å²) in [6.07, 6.45) is 3.39. The standard InChI is InChI=1S/C16H20ClN3O/c1-2-10-20-16(13(17)11-19-20)15(21)9-8-14(18)12-6-4-3-5-7-12/h3-7,11,14H,2,8-10,18H2,1H3. The number of rotatable bonds is 7. The Morgan fingerprint density at radius 3 is 2.76 bits per heavy atom. The first-order chi connectivity index (χ1) is 10.1. The van der Waals surface area contributed by atoms with Crippen LogP contribution in [0.15, 0.2) is 36.5 Å². The van der Waals surface area contributed by atoms with Gasteiger partial charge in [0.1, 0.15) is 5.69 Å². The number of carbonyl (C=O) groups is 1. The number of nitrogens with zero attached hydrogens (tertiary/aromatic N) is 2.